The Hall–Kier alpha value is -2.66. The fourth-order valence-electron chi connectivity index (χ4n) is 3.24. The second-order valence-electron chi connectivity index (χ2n) is 6.44. The molecule has 2 heterocycles. The molecule has 0 bridgehead atoms. The third kappa shape index (κ3) is 4.74. The maximum Gasteiger partial charge on any atom is 0.165 e. The molecular formula is C22H30N4O. The van der Waals surface area contributed by atoms with Gasteiger partial charge >= 0.3 is 0 Å². The number of rotatable bonds is 4. The van der Waals surface area contributed by atoms with Gasteiger partial charge in [0.15, 0.2) is 5.82 Å². The van der Waals surface area contributed by atoms with Crippen LogP contribution in [0.5, 0.6) is 0 Å². The number of hydrogen-bond donors (Lipinski definition) is 2. The smallest absolute Gasteiger partial charge is 0.165 e. The molecule has 2 aromatic rings. The number of aryl methyl sites for hydroxylation is 1. The van der Waals surface area contributed by atoms with Gasteiger partial charge in [0.2, 0.25) is 0 Å². The zero-order chi connectivity index (χ0) is 19.8. The van der Waals surface area contributed by atoms with Gasteiger partial charge < -0.3 is 15.7 Å². The van der Waals surface area contributed by atoms with Gasteiger partial charge in [0.05, 0.1) is 11.1 Å². The molecule has 1 saturated heterocycles. The number of aliphatic hydroxyl groups is 1. The van der Waals surface area contributed by atoms with Crippen LogP contribution in [-0.4, -0.2) is 35.2 Å². The van der Waals surface area contributed by atoms with Gasteiger partial charge in [-0.1, -0.05) is 24.8 Å². The first-order chi connectivity index (χ1) is 13.1. The Bertz CT molecular complexity index is 849. The van der Waals surface area contributed by atoms with Crippen molar-refractivity contribution < 1.29 is 5.11 Å². The van der Waals surface area contributed by atoms with Gasteiger partial charge in [-0.15, -0.1) is 0 Å². The lowest BCUT2D eigenvalue weighted by Crippen LogP contribution is -2.30. The van der Waals surface area contributed by atoms with Crippen LogP contribution in [0.25, 0.3) is 16.5 Å². The summed E-state index contributed by atoms with van der Waals surface area (Å²) in [6, 6.07) is 6.28. The van der Waals surface area contributed by atoms with Crippen molar-refractivity contribution in [3.8, 4) is 0 Å². The molecule has 5 heteroatoms. The molecule has 1 aromatic heterocycles. The van der Waals surface area contributed by atoms with E-state index in [4.69, 9.17) is 9.97 Å². The number of allylic oxidation sites excluding steroid dienone is 4. The van der Waals surface area contributed by atoms with Crippen LogP contribution in [0.15, 0.2) is 48.8 Å². The maximum absolute atomic E-state index is 10.2. The molecule has 3 N–H and O–H groups in total. The number of nitrogens with zero attached hydrogens (tertiary/aromatic N) is 3. The van der Waals surface area contributed by atoms with E-state index < -0.39 is 0 Å². The van der Waals surface area contributed by atoms with Crippen LogP contribution in [0.3, 0.4) is 0 Å². The Labute approximate surface area is 161 Å². The molecule has 1 fully saturated rings. The molecular weight excluding hydrogens is 336 g/mol. The number of fused-ring (bicyclic) bond motifs is 1. The summed E-state index contributed by atoms with van der Waals surface area (Å²) in [5.74, 6) is 1.59. The molecule has 144 valence electrons. The van der Waals surface area contributed by atoms with Crippen molar-refractivity contribution in [2.24, 2.45) is 5.73 Å². The molecule has 5 nitrogen and oxygen atoms in total. The Balaban J connectivity index is 0.00000126. The summed E-state index contributed by atoms with van der Waals surface area (Å²) in [6.07, 6.45) is 8.77. The zero-order valence-corrected chi connectivity index (χ0v) is 16.6. The summed E-state index contributed by atoms with van der Waals surface area (Å²) in [4.78, 5) is 11.9. The van der Waals surface area contributed by atoms with E-state index in [1.807, 2.05) is 19.1 Å². The molecule has 0 unspecified atom stereocenters. The second kappa shape index (κ2) is 9.88. The van der Waals surface area contributed by atoms with Crippen LogP contribution in [0, 0.1) is 6.92 Å². The highest BCUT2D eigenvalue weighted by Gasteiger charge is 2.18. The van der Waals surface area contributed by atoms with Crippen LogP contribution >= 0.6 is 0 Å². The van der Waals surface area contributed by atoms with Crippen LogP contribution in [-0.2, 0) is 0 Å². The van der Waals surface area contributed by atoms with Crippen LogP contribution in [0.1, 0.15) is 37.6 Å². The maximum atomic E-state index is 10.2. The normalized spacial score (nSPS) is 15.3. The highest BCUT2D eigenvalue weighted by atomic mass is 16.3. The first-order valence-electron chi connectivity index (χ1n) is 9.44. The molecule has 0 aliphatic carbocycles. The Morgan fingerprint density at radius 1 is 1.19 bits per heavy atom. The minimum atomic E-state index is 0.0923. The third-order valence-corrected chi connectivity index (χ3v) is 4.53. The summed E-state index contributed by atoms with van der Waals surface area (Å²) in [7, 11) is 1.50. The molecule has 0 amide bonds. The first-order valence-corrected chi connectivity index (χ1v) is 9.44. The number of aromatic nitrogens is 2. The van der Waals surface area contributed by atoms with E-state index in [1.54, 1.807) is 0 Å². The Morgan fingerprint density at radius 2 is 1.89 bits per heavy atom. The summed E-state index contributed by atoms with van der Waals surface area (Å²) >= 11 is 0. The lowest BCUT2D eigenvalue weighted by molar-refractivity contribution is 0.435. The van der Waals surface area contributed by atoms with E-state index in [0.29, 0.717) is 11.4 Å². The van der Waals surface area contributed by atoms with Crippen molar-refractivity contribution in [1.29, 1.82) is 0 Å². The number of aliphatic hydroxyl groups excluding tert-OH is 1. The van der Waals surface area contributed by atoms with E-state index in [-0.39, 0.29) is 5.76 Å². The fourth-order valence-corrected chi connectivity index (χ4v) is 3.24. The minimum Gasteiger partial charge on any atom is -0.507 e. The van der Waals surface area contributed by atoms with E-state index >= 15 is 0 Å². The van der Waals surface area contributed by atoms with E-state index in [0.717, 1.165) is 35.4 Å². The summed E-state index contributed by atoms with van der Waals surface area (Å²) in [5.41, 5.74) is 7.16. The lowest BCUT2D eigenvalue weighted by atomic mass is 10.1. The standard InChI is InChI=1S/C21H25N3O.CH5N/c1-4-9-17(19(25)5-2)20-22-18-14-15(3)10-11-16(18)21(23-20)24-12-7-6-8-13-24;1-2/h4-5,9-11,14,25H,2,6-8,12-13H2,1,3H3;2H2,1H3/b9-4-,19-17-;. The van der Waals surface area contributed by atoms with Crippen molar-refractivity contribution in [2.45, 2.75) is 33.1 Å². The monoisotopic (exact) mass is 366 g/mol. The molecule has 0 atom stereocenters. The van der Waals surface area contributed by atoms with Gasteiger partial charge in [0, 0.05) is 18.5 Å². The SMILES string of the molecule is C=C/C(O)=C(\C=C/C)c1nc(N2CCCCC2)c2ccc(C)cc2n1.CN. The molecule has 27 heavy (non-hydrogen) atoms. The van der Waals surface area contributed by atoms with Gasteiger partial charge in [-0.2, -0.15) is 0 Å². The van der Waals surface area contributed by atoms with Crippen molar-refractivity contribution >= 4 is 22.3 Å². The minimum absolute atomic E-state index is 0.0923. The van der Waals surface area contributed by atoms with Gasteiger partial charge in [-0.25, -0.2) is 9.97 Å². The molecule has 1 aliphatic rings. The van der Waals surface area contributed by atoms with Crippen LogP contribution < -0.4 is 10.6 Å². The van der Waals surface area contributed by atoms with Crippen LogP contribution in [0.4, 0.5) is 5.82 Å². The Morgan fingerprint density at radius 3 is 2.52 bits per heavy atom. The number of anilines is 1. The molecule has 0 radical (unpaired) electrons. The summed E-state index contributed by atoms with van der Waals surface area (Å²) in [5, 5.41) is 11.3. The van der Waals surface area contributed by atoms with Crippen LogP contribution in [0.2, 0.25) is 0 Å². The van der Waals surface area contributed by atoms with Crippen molar-refractivity contribution in [1.82, 2.24) is 9.97 Å². The van der Waals surface area contributed by atoms with Gasteiger partial charge in [0.25, 0.3) is 0 Å². The highest BCUT2D eigenvalue weighted by Crippen LogP contribution is 2.29. The van der Waals surface area contributed by atoms with E-state index in [2.05, 4.69) is 42.3 Å². The van der Waals surface area contributed by atoms with Gasteiger partial charge in [0.1, 0.15) is 11.6 Å². The van der Waals surface area contributed by atoms with Crippen molar-refractivity contribution in [3.63, 3.8) is 0 Å². The van der Waals surface area contributed by atoms with Gasteiger partial charge in [-0.05, 0) is 63.9 Å². The van der Waals surface area contributed by atoms with E-state index in [1.165, 1.54) is 32.4 Å². The van der Waals surface area contributed by atoms with Gasteiger partial charge in [-0.3, -0.25) is 0 Å². The topological polar surface area (TPSA) is 75.3 Å². The zero-order valence-electron chi connectivity index (χ0n) is 16.6. The third-order valence-electron chi connectivity index (χ3n) is 4.53. The average Bonchev–Trinajstić information content (AvgIpc) is 2.72. The first kappa shape index (κ1) is 20.6. The number of nitrogens with two attached hydrogens (primary N) is 1. The fraction of sp³-hybridized carbons (Fsp3) is 0.364. The molecule has 3 rings (SSSR count). The average molecular weight is 367 g/mol. The van der Waals surface area contributed by atoms with Crippen molar-refractivity contribution in [2.75, 3.05) is 25.0 Å². The molecule has 1 aliphatic heterocycles. The largest absolute Gasteiger partial charge is 0.507 e. The number of piperidine rings is 1. The van der Waals surface area contributed by atoms with Crippen molar-refractivity contribution in [3.05, 3.63) is 60.2 Å². The predicted molar refractivity (Wildman–Crippen MR) is 115 cm³/mol. The Kier molecular flexibility index (Phi) is 7.55. The molecule has 0 spiro atoms. The lowest BCUT2D eigenvalue weighted by Gasteiger charge is -2.29. The summed E-state index contributed by atoms with van der Waals surface area (Å²) < 4.78 is 0. The number of hydrogen-bond acceptors (Lipinski definition) is 5. The van der Waals surface area contributed by atoms with E-state index in [9.17, 15) is 5.11 Å². The highest BCUT2D eigenvalue weighted by molar-refractivity contribution is 5.92. The molecule has 0 saturated carbocycles. The quantitative estimate of drug-likeness (QED) is 0.614. The second-order valence-corrected chi connectivity index (χ2v) is 6.44. The summed E-state index contributed by atoms with van der Waals surface area (Å²) in [6.45, 7) is 9.66. The predicted octanol–water partition coefficient (Wildman–Crippen LogP) is 4.53. The number of benzene rings is 1. The molecule has 1 aromatic carbocycles.